The first-order valence-corrected chi connectivity index (χ1v) is 11.0. The Morgan fingerprint density at radius 1 is 0.438 bits per heavy atom. The Morgan fingerprint density at radius 3 is 1.56 bits per heavy atom. The second-order valence-corrected chi connectivity index (χ2v) is 8.09. The summed E-state index contributed by atoms with van der Waals surface area (Å²) in [6, 6.07) is 42.6. The van der Waals surface area contributed by atoms with E-state index >= 15 is 0 Å². The number of benzene rings is 5. The summed E-state index contributed by atoms with van der Waals surface area (Å²) in [6.07, 6.45) is 0. The molecule has 0 fully saturated rings. The number of fused-ring (bicyclic) bond motifs is 1. The van der Waals surface area contributed by atoms with Crippen molar-refractivity contribution in [2.75, 3.05) is 11.9 Å². The van der Waals surface area contributed by atoms with E-state index in [-0.39, 0.29) is 0 Å². The molecule has 0 heterocycles. The molecule has 0 unspecified atom stereocenters. The Labute approximate surface area is 191 Å². The van der Waals surface area contributed by atoms with Gasteiger partial charge in [0.15, 0.2) is 0 Å². The van der Waals surface area contributed by atoms with Crippen LogP contribution in [0.5, 0.6) is 0 Å². The summed E-state index contributed by atoms with van der Waals surface area (Å²) in [4.78, 5) is 2.22. The third kappa shape index (κ3) is 5.07. The first-order valence-electron chi connectivity index (χ1n) is 11.0. The molecule has 0 aliphatic carbocycles. The maximum absolute atomic E-state index is 2.24. The second-order valence-electron chi connectivity index (χ2n) is 8.09. The normalized spacial score (nSPS) is 10.3. The van der Waals surface area contributed by atoms with Crippen LogP contribution in [0.3, 0.4) is 0 Å². The van der Waals surface area contributed by atoms with Gasteiger partial charge in [0.2, 0.25) is 0 Å². The molecule has 0 aromatic heterocycles. The fourth-order valence-electron chi connectivity index (χ4n) is 3.71. The van der Waals surface area contributed by atoms with Crippen LogP contribution < -0.4 is 4.90 Å². The predicted octanol–water partition coefficient (Wildman–Crippen LogP) is 8.58. The highest BCUT2D eigenvalue weighted by atomic mass is 15.1. The number of hydrogen-bond acceptors (Lipinski definition) is 1. The van der Waals surface area contributed by atoms with Gasteiger partial charge in [0, 0.05) is 18.4 Å². The predicted molar refractivity (Wildman–Crippen MR) is 140 cm³/mol. The zero-order valence-electron chi connectivity index (χ0n) is 19.0. The van der Waals surface area contributed by atoms with Crippen molar-refractivity contribution in [1.29, 1.82) is 0 Å². The van der Waals surface area contributed by atoms with E-state index in [4.69, 9.17) is 0 Å². The summed E-state index contributed by atoms with van der Waals surface area (Å²) in [6.45, 7) is 4.24. The zero-order chi connectivity index (χ0) is 22.3. The third-order valence-electron chi connectivity index (χ3n) is 5.91. The Hall–Kier alpha value is -3.84. The van der Waals surface area contributed by atoms with Crippen molar-refractivity contribution in [3.05, 3.63) is 132 Å². The monoisotopic (exact) mass is 415 g/mol. The van der Waals surface area contributed by atoms with E-state index in [9.17, 15) is 0 Å². The number of rotatable bonds is 3. The van der Waals surface area contributed by atoms with Gasteiger partial charge in [0.25, 0.3) is 0 Å². The standard InChI is InChI=1S/C23H19N.C8H10/c1-24(23-16-13-19-9-5-6-10-21(19)17-23)22-14-11-20(12-15-22)18-7-3-2-4-8-18;1-7-5-3-4-6-8(7)2/h2-17H,1H3;3-6H,1-2H3. The topological polar surface area (TPSA) is 3.24 Å². The summed E-state index contributed by atoms with van der Waals surface area (Å²) in [7, 11) is 2.11. The average Bonchev–Trinajstić information content (AvgIpc) is 2.86. The van der Waals surface area contributed by atoms with Crippen LogP contribution >= 0.6 is 0 Å². The number of anilines is 2. The first kappa shape index (κ1) is 21.4. The van der Waals surface area contributed by atoms with Crippen molar-refractivity contribution in [3.63, 3.8) is 0 Å². The van der Waals surface area contributed by atoms with Gasteiger partial charge in [-0.3, -0.25) is 0 Å². The van der Waals surface area contributed by atoms with Crippen molar-refractivity contribution in [1.82, 2.24) is 0 Å². The van der Waals surface area contributed by atoms with E-state index in [0.717, 1.165) is 0 Å². The Kier molecular flexibility index (Phi) is 6.67. The zero-order valence-corrected chi connectivity index (χ0v) is 19.0. The largest absolute Gasteiger partial charge is 0.345 e. The van der Waals surface area contributed by atoms with E-state index in [1.165, 1.54) is 44.4 Å². The highest BCUT2D eigenvalue weighted by Crippen LogP contribution is 2.29. The molecule has 0 spiro atoms. The van der Waals surface area contributed by atoms with Gasteiger partial charge in [0.1, 0.15) is 0 Å². The van der Waals surface area contributed by atoms with Gasteiger partial charge in [-0.2, -0.15) is 0 Å². The molecule has 0 saturated carbocycles. The van der Waals surface area contributed by atoms with E-state index in [1.807, 2.05) is 6.07 Å². The van der Waals surface area contributed by atoms with Crippen LogP contribution in [0.1, 0.15) is 11.1 Å². The SMILES string of the molecule is CN(c1ccc(-c2ccccc2)cc1)c1ccc2ccccc2c1.Cc1ccccc1C. The molecule has 0 aliphatic heterocycles. The molecule has 5 rings (SSSR count). The lowest BCUT2D eigenvalue weighted by atomic mass is 10.1. The third-order valence-corrected chi connectivity index (χ3v) is 5.91. The van der Waals surface area contributed by atoms with Gasteiger partial charge in [-0.05, 0) is 71.1 Å². The van der Waals surface area contributed by atoms with Crippen molar-refractivity contribution in [3.8, 4) is 11.1 Å². The quantitative estimate of drug-likeness (QED) is 0.285. The van der Waals surface area contributed by atoms with Gasteiger partial charge in [-0.1, -0.05) is 97.1 Å². The summed E-state index contributed by atoms with van der Waals surface area (Å²) < 4.78 is 0. The van der Waals surface area contributed by atoms with E-state index < -0.39 is 0 Å². The lowest BCUT2D eigenvalue weighted by Crippen LogP contribution is -2.09. The lowest BCUT2D eigenvalue weighted by Gasteiger charge is -2.20. The Bertz CT molecular complexity index is 1270. The molecular weight excluding hydrogens is 386 g/mol. The van der Waals surface area contributed by atoms with Crippen molar-refractivity contribution in [2.24, 2.45) is 0 Å². The van der Waals surface area contributed by atoms with Crippen molar-refractivity contribution in [2.45, 2.75) is 13.8 Å². The van der Waals surface area contributed by atoms with Crippen LogP contribution in [0, 0.1) is 13.8 Å². The summed E-state index contributed by atoms with van der Waals surface area (Å²) in [5, 5.41) is 2.54. The molecule has 0 saturated heterocycles. The molecule has 32 heavy (non-hydrogen) atoms. The molecule has 5 aromatic rings. The molecule has 0 bridgehead atoms. The maximum Gasteiger partial charge on any atom is 0.0414 e. The summed E-state index contributed by atoms with van der Waals surface area (Å²) in [5.41, 5.74) is 7.61. The van der Waals surface area contributed by atoms with Gasteiger partial charge < -0.3 is 4.90 Å². The van der Waals surface area contributed by atoms with Gasteiger partial charge in [-0.15, -0.1) is 0 Å². The van der Waals surface area contributed by atoms with Gasteiger partial charge in [0.05, 0.1) is 0 Å². The van der Waals surface area contributed by atoms with E-state index in [0.29, 0.717) is 0 Å². The highest BCUT2D eigenvalue weighted by molar-refractivity contribution is 5.87. The molecule has 0 N–H and O–H groups in total. The molecule has 0 radical (unpaired) electrons. The lowest BCUT2D eigenvalue weighted by molar-refractivity contribution is 1.21. The second kappa shape index (κ2) is 9.98. The Balaban J connectivity index is 0.000000260. The number of hydrogen-bond donors (Lipinski definition) is 0. The number of aryl methyl sites for hydroxylation is 2. The van der Waals surface area contributed by atoms with Crippen LogP contribution in [0.2, 0.25) is 0 Å². The maximum atomic E-state index is 2.24. The molecule has 0 amide bonds. The molecule has 1 heteroatoms. The molecular formula is C31H29N. The average molecular weight is 416 g/mol. The van der Waals surface area contributed by atoms with E-state index in [1.54, 1.807) is 0 Å². The molecule has 158 valence electrons. The number of nitrogens with zero attached hydrogens (tertiary/aromatic N) is 1. The van der Waals surface area contributed by atoms with Crippen LogP contribution in [0.15, 0.2) is 121 Å². The fraction of sp³-hybridized carbons (Fsp3) is 0.0968. The summed E-state index contributed by atoms with van der Waals surface area (Å²) >= 11 is 0. The van der Waals surface area contributed by atoms with Crippen LogP contribution in [-0.2, 0) is 0 Å². The van der Waals surface area contributed by atoms with Crippen molar-refractivity contribution >= 4 is 22.1 Å². The minimum atomic E-state index is 1.19. The smallest absolute Gasteiger partial charge is 0.0414 e. The van der Waals surface area contributed by atoms with Crippen molar-refractivity contribution < 1.29 is 0 Å². The molecule has 0 atom stereocenters. The Morgan fingerprint density at radius 2 is 0.938 bits per heavy atom. The van der Waals surface area contributed by atoms with Gasteiger partial charge >= 0.3 is 0 Å². The molecule has 5 aromatic carbocycles. The first-order chi connectivity index (χ1) is 15.6. The minimum Gasteiger partial charge on any atom is -0.345 e. The molecule has 1 nitrogen and oxygen atoms in total. The van der Waals surface area contributed by atoms with E-state index in [2.05, 4.69) is 141 Å². The highest BCUT2D eigenvalue weighted by Gasteiger charge is 2.05. The minimum absolute atomic E-state index is 1.19. The van der Waals surface area contributed by atoms with Crippen LogP contribution in [0.4, 0.5) is 11.4 Å². The summed E-state index contributed by atoms with van der Waals surface area (Å²) in [5.74, 6) is 0. The molecule has 0 aliphatic rings. The van der Waals surface area contributed by atoms with Crippen LogP contribution in [-0.4, -0.2) is 7.05 Å². The fourth-order valence-corrected chi connectivity index (χ4v) is 3.71. The van der Waals surface area contributed by atoms with Crippen LogP contribution in [0.25, 0.3) is 21.9 Å². The van der Waals surface area contributed by atoms with Gasteiger partial charge in [-0.25, -0.2) is 0 Å².